The lowest BCUT2D eigenvalue weighted by molar-refractivity contribution is -0.283. The standard InChI is InChI=1S/C15H16ClF4N3O4/c1-3-5-11(16)23-27-14(12(24)26-2,15(18,19)20)22-13(25)21-10-7-4-6-9(17)8-10/h4,6-8H,3,5H2,1-2H3,(H2,21,22,25)/t14-/m0/s1. The Bertz CT molecular complexity index is 715. The molecule has 2 N–H and O–H groups in total. The highest BCUT2D eigenvalue weighted by Gasteiger charge is 2.67. The maximum absolute atomic E-state index is 13.6. The number of anilines is 1. The van der Waals surface area contributed by atoms with E-state index in [9.17, 15) is 27.2 Å². The van der Waals surface area contributed by atoms with Gasteiger partial charge in [0.1, 0.15) is 11.0 Å². The number of carbonyl (C=O) groups is 2. The van der Waals surface area contributed by atoms with Crippen molar-refractivity contribution in [3.63, 3.8) is 0 Å². The third-order valence-electron chi connectivity index (χ3n) is 2.98. The van der Waals surface area contributed by atoms with Gasteiger partial charge in [0.15, 0.2) is 0 Å². The quantitative estimate of drug-likeness (QED) is 0.234. The first-order valence-corrected chi connectivity index (χ1v) is 7.84. The Morgan fingerprint density at radius 1 is 1.30 bits per heavy atom. The van der Waals surface area contributed by atoms with Crippen LogP contribution in [-0.2, 0) is 14.4 Å². The topological polar surface area (TPSA) is 89.0 Å². The van der Waals surface area contributed by atoms with Gasteiger partial charge in [0.05, 0.1) is 7.11 Å². The minimum Gasteiger partial charge on any atom is -0.464 e. The molecular weight excluding hydrogens is 398 g/mol. The molecular formula is C15H16ClF4N3O4. The second kappa shape index (κ2) is 9.40. The molecule has 0 heterocycles. The van der Waals surface area contributed by atoms with Crippen LogP contribution in [0.2, 0.25) is 0 Å². The fourth-order valence-corrected chi connectivity index (χ4v) is 1.98. The molecule has 27 heavy (non-hydrogen) atoms. The Morgan fingerprint density at radius 3 is 2.48 bits per heavy atom. The number of carbonyl (C=O) groups excluding carboxylic acids is 2. The van der Waals surface area contributed by atoms with Crippen LogP contribution in [0.5, 0.6) is 0 Å². The van der Waals surface area contributed by atoms with Gasteiger partial charge < -0.3 is 14.9 Å². The molecule has 0 fully saturated rings. The van der Waals surface area contributed by atoms with Gasteiger partial charge in [-0.2, -0.15) is 13.2 Å². The number of hydrogen-bond acceptors (Lipinski definition) is 5. The van der Waals surface area contributed by atoms with Crippen LogP contribution in [0.4, 0.5) is 28.0 Å². The van der Waals surface area contributed by atoms with E-state index in [0.717, 1.165) is 12.1 Å². The predicted octanol–water partition coefficient (Wildman–Crippen LogP) is 3.75. The summed E-state index contributed by atoms with van der Waals surface area (Å²) in [5, 5.41) is 5.97. The van der Waals surface area contributed by atoms with Crippen molar-refractivity contribution < 1.29 is 36.7 Å². The number of nitrogens with zero attached hydrogens (tertiary/aromatic N) is 1. The number of rotatable bonds is 7. The fraction of sp³-hybridized carbons (Fsp3) is 0.400. The van der Waals surface area contributed by atoms with Crippen molar-refractivity contribution >= 4 is 34.5 Å². The van der Waals surface area contributed by atoms with Crippen LogP contribution in [0.3, 0.4) is 0 Å². The number of amides is 2. The van der Waals surface area contributed by atoms with E-state index in [1.54, 1.807) is 6.92 Å². The third-order valence-corrected chi connectivity index (χ3v) is 3.24. The molecule has 12 heteroatoms. The van der Waals surface area contributed by atoms with Gasteiger partial charge in [-0.25, -0.2) is 14.0 Å². The Morgan fingerprint density at radius 2 is 1.96 bits per heavy atom. The number of benzene rings is 1. The van der Waals surface area contributed by atoms with Gasteiger partial charge in [-0.1, -0.05) is 29.7 Å². The number of ether oxygens (including phenoxy) is 1. The van der Waals surface area contributed by atoms with E-state index in [0.29, 0.717) is 13.5 Å². The first-order chi connectivity index (χ1) is 12.6. The maximum Gasteiger partial charge on any atom is 0.463 e. The molecule has 0 aromatic heterocycles. The first-order valence-electron chi connectivity index (χ1n) is 7.46. The van der Waals surface area contributed by atoms with E-state index in [1.807, 2.05) is 5.32 Å². The van der Waals surface area contributed by atoms with E-state index in [2.05, 4.69) is 14.7 Å². The highest BCUT2D eigenvalue weighted by Crippen LogP contribution is 2.33. The average molecular weight is 414 g/mol. The molecule has 2 amide bonds. The summed E-state index contributed by atoms with van der Waals surface area (Å²) in [5.74, 6) is -2.73. The van der Waals surface area contributed by atoms with Crippen molar-refractivity contribution in [2.75, 3.05) is 12.4 Å². The van der Waals surface area contributed by atoms with Gasteiger partial charge in [0.25, 0.3) is 0 Å². The van der Waals surface area contributed by atoms with Crippen molar-refractivity contribution in [2.45, 2.75) is 31.7 Å². The molecule has 1 aromatic rings. The summed E-state index contributed by atoms with van der Waals surface area (Å²) in [4.78, 5) is 28.1. The average Bonchev–Trinajstić information content (AvgIpc) is 2.57. The van der Waals surface area contributed by atoms with Gasteiger partial charge in [-0.05, 0) is 24.6 Å². The Labute approximate surface area is 156 Å². The first kappa shape index (κ1) is 22.5. The van der Waals surface area contributed by atoms with E-state index in [1.165, 1.54) is 17.4 Å². The van der Waals surface area contributed by atoms with Crippen LogP contribution in [0.15, 0.2) is 29.4 Å². The van der Waals surface area contributed by atoms with Crippen molar-refractivity contribution in [1.29, 1.82) is 0 Å². The number of alkyl halides is 3. The summed E-state index contributed by atoms with van der Waals surface area (Å²) in [7, 11) is 0.662. The van der Waals surface area contributed by atoms with Crippen molar-refractivity contribution in [1.82, 2.24) is 5.32 Å². The smallest absolute Gasteiger partial charge is 0.463 e. The van der Waals surface area contributed by atoms with Crippen LogP contribution >= 0.6 is 11.6 Å². The Kier molecular flexibility index (Phi) is 7.82. The van der Waals surface area contributed by atoms with Gasteiger partial charge >= 0.3 is 23.9 Å². The molecule has 0 unspecified atom stereocenters. The maximum atomic E-state index is 13.6. The van der Waals surface area contributed by atoms with E-state index >= 15 is 0 Å². The highest BCUT2D eigenvalue weighted by molar-refractivity contribution is 6.65. The molecule has 7 nitrogen and oxygen atoms in total. The third kappa shape index (κ3) is 5.98. The fourth-order valence-electron chi connectivity index (χ4n) is 1.75. The zero-order valence-corrected chi connectivity index (χ0v) is 14.9. The van der Waals surface area contributed by atoms with Gasteiger partial charge in [0, 0.05) is 12.1 Å². The molecule has 0 spiro atoms. The summed E-state index contributed by atoms with van der Waals surface area (Å²) < 4.78 is 57.9. The van der Waals surface area contributed by atoms with Crippen LogP contribution in [-0.4, -0.2) is 36.2 Å². The largest absolute Gasteiger partial charge is 0.464 e. The number of methoxy groups -OCH3 is 1. The molecule has 0 bridgehead atoms. The second-order valence-electron chi connectivity index (χ2n) is 5.07. The SMILES string of the molecule is CCCC(Cl)=NO[C@@](NC(=O)Nc1cccc(F)c1)(C(=O)OC)C(F)(F)F. The van der Waals surface area contributed by atoms with Crippen LogP contribution in [0.1, 0.15) is 19.8 Å². The van der Waals surface area contributed by atoms with Crippen LogP contribution in [0.25, 0.3) is 0 Å². The number of oxime groups is 1. The lowest BCUT2D eigenvalue weighted by atomic mass is 10.2. The summed E-state index contributed by atoms with van der Waals surface area (Å²) in [6, 6.07) is 2.82. The molecule has 0 aliphatic carbocycles. The van der Waals surface area contributed by atoms with E-state index in [4.69, 9.17) is 11.6 Å². The molecule has 0 aliphatic heterocycles. The molecule has 1 atom stereocenters. The number of halogens is 5. The summed E-state index contributed by atoms with van der Waals surface area (Å²) >= 11 is 5.60. The summed E-state index contributed by atoms with van der Waals surface area (Å²) in [6.45, 7) is 1.68. The highest BCUT2D eigenvalue weighted by atomic mass is 35.5. The minimum absolute atomic E-state index is 0.0755. The van der Waals surface area contributed by atoms with Gasteiger partial charge in [-0.15, -0.1) is 0 Å². The van der Waals surface area contributed by atoms with E-state index in [-0.39, 0.29) is 17.3 Å². The summed E-state index contributed by atoms with van der Waals surface area (Å²) in [5.41, 5.74) is -4.13. The summed E-state index contributed by atoms with van der Waals surface area (Å²) in [6.07, 6.45) is -4.95. The zero-order valence-electron chi connectivity index (χ0n) is 14.2. The van der Waals surface area contributed by atoms with Crippen LogP contribution in [0, 0.1) is 5.82 Å². The Balaban J connectivity index is 3.17. The molecule has 150 valence electrons. The lowest BCUT2D eigenvalue weighted by Crippen LogP contribution is -2.66. The van der Waals surface area contributed by atoms with Crippen LogP contribution < -0.4 is 10.6 Å². The number of urea groups is 1. The van der Waals surface area contributed by atoms with Gasteiger partial charge in [0.2, 0.25) is 0 Å². The second-order valence-corrected chi connectivity index (χ2v) is 5.51. The normalized spacial score (nSPS) is 14.1. The monoisotopic (exact) mass is 413 g/mol. The zero-order chi connectivity index (χ0) is 20.7. The van der Waals surface area contributed by atoms with Gasteiger partial charge in [-0.3, -0.25) is 5.32 Å². The van der Waals surface area contributed by atoms with Crippen molar-refractivity contribution in [3.05, 3.63) is 30.1 Å². The molecule has 0 aliphatic rings. The minimum atomic E-state index is -5.47. The van der Waals surface area contributed by atoms with E-state index < -0.39 is 29.7 Å². The molecule has 0 saturated heterocycles. The molecule has 1 aromatic carbocycles. The number of nitrogens with one attached hydrogen (secondary N) is 2. The number of esters is 1. The molecule has 0 saturated carbocycles. The van der Waals surface area contributed by atoms with Crippen molar-refractivity contribution in [3.8, 4) is 0 Å². The molecule has 1 rings (SSSR count). The Hall–Kier alpha value is -2.56. The predicted molar refractivity (Wildman–Crippen MR) is 88.6 cm³/mol. The molecule has 0 radical (unpaired) electrons. The number of hydrogen-bond donors (Lipinski definition) is 2. The van der Waals surface area contributed by atoms with Crippen molar-refractivity contribution in [2.24, 2.45) is 5.16 Å². The lowest BCUT2D eigenvalue weighted by Gasteiger charge is -2.30.